The lowest BCUT2D eigenvalue weighted by molar-refractivity contribution is -0.144. The van der Waals surface area contributed by atoms with Gasteiger partial charge in [0.05, 0.1) is 11.1 Å². The summed E-state index contributed by atoms with van der Waals surface area (Å²) in [5.74, 6) is -2.95. The number of hydrogen-bond donors (Lipinski definition) is 1. The van der Waals surface area contributed by atoms with Gasteiger partial charge in [0.25, 0.3) is 11.8 Å². The Labute approximate surface area is 193 Å². The minimum Gasteiger partial charge on any atom is -0.480 e. The number of carbonyl (C=O) groups is 4. The van der Waals surface area contributed by atoms with Crippen molar-refractivity contribution in [3.63, 3.8) is 0 Å². The summed E-state index contributed by atoms with van der Waals surface area (Å²) in [7, 11) is 0. The summed E-state index contributed by atoms with van der Waals surface area (Å²) in [5, 5.41) is 9.95. The maximum Gasteiger partial charge on any atom is 0.410 e. The summed E-state index contributed by atoms with van der Waals surface area (Å²) in [4.78, 5) is 52.8. The van der Waals surface area contributed by atoms with E-state index in [0.717, 1.165) is 4.90 Å². The second kappa shape index (κ2) is 8.15. The standard InChI is InChI=1S/C20H19Cl3N2O6/c21-20(22,23)9-31-19(30)24-11-5-6-12(24)8-10(7-11)15(18(28)29)25-16(26)13-3-1-2-4-14(13)17(25)27/h1-4,10-12,15H,5-9H2,(H,28,29)/t10?,11?,12?,15-/m0/s1. The van der Waals surface area contributed by atoms with Crippen LogP contribution >= 0.6 is 34.8 Å². The van der Waals surface area contributed by atoms with Crippen molar-refractivity contribution in [3.05, 3.63) is 35.4 Å². The van der Waals surface area contributed by atoms with Gasteiger partial charge in [-0.2, -0.15) is 0 Å². The van der Waals surface area contributed by atoms with E-state index in [1.165, 1.54) is 12.1 Å². The molecular weight excluding hydrogens is 471 g/mol. The summed E-state index contributed by atoms with van der Waals surface area (Å²) in [6.45, 7) is -0.400. The Morgan fingerprint density at radius 3 is 2.03 bits per heavy atom. The van der Waals surface area contributed by atoms with E-state index in [1.807, 2.05) is 0 Å². The van der Waals surface area contributed by atoms with Crippen LogP contribution in [-0.4, -0.2) is 67.3 Å². The fourth-order valence-electron chi connectivity index (χ4n) is 4.98. The van der Waals surface area contributed by atoms with Crippen molar-refractivity contribution in [1.82, 2.24) is 9.80 Å². The minimum atomic E-state index is -1.73. The molecule has 8 nitrogen and oxygen atoms in total. The Morgan fingerprint density at radius 1 is 1.06 bits per heavy atom. The molecule has 1 N–H and O–H groups in total. The third kappa shape index (κ3) is 4.08. The summed E-state index contributed by atoms with van der Waals surface area (Å²) >= 11 is 16.9. The Bertz CT molecular complexity index is 900. The smallest absolute Gasteiger partial charge is 0.410 e. The predicted molar refractivity (Wildman–Crippen MR) is 111 cm³/mol. The van der Waals surface area contributed by atoms with Gasteiger partial charge in [-0.3, -0.25) is 14.5 Å². The van der Waals surface area contributed by atoms with E-state index < -0.39 is 46.2 Å². The first-order chi connectivity index (χ1) is 14.6. The van der Waals surface area contributed by atoms with Crippen molar-refractivity contribution in [2.24, 2.45) is 5.92 Å². The van der Waals surface area contributed by atoms with Crippen LogP contribution in [0.5, 0.6) is 0 Å². The quantitative estimate of drug-likeness (QED) is 0.513. The third-order valence-corrected chi connectivity index (χ3v) is 6.47. The largest absolute Gasteiger partial charge is 0.480 e. The van der Waals surface area contributed by atoms with E-state index in [2.05, 4.69) is 0 Å². The highest BCUT2D eigenvalue weighted by Gasteiger charge is 2.52. The molecule has 31 heavy (non-hydrogen) atoms. The van der Waals surface area contributed by atoms with Crippen molar-refractivity contribution >= 4 is 58.7 Å². The van der Waals surface area contributed by atoms with Crippen LogP contribution in [0.3, 0.4) is 0 Å². The van der Waals surface area contributed by atoms with Crippen LogP contribution in [0.2, 0.25) is 0 Å². The average Bonchev–Trinajstić information content (AvgIpc) is 3.11. The number of halogens is 3. The van der Waals surface area contributed by atoms with Gasteiger partial charge >= 0.3 is 12.1 Å². The lowest BCUT2D eigenvalue weighted by Crippen LogP contribution is -2.55. The Kier molecular flexibility index (Phi) is 5.83. The number of benzene rings is 1. The van der Waals surface area contributed by atoms with Crippen LogP contribution in [0.15, 0.2) is 24.3 Å². The van der Waals surface area contributed by atoms with Gasteiger partial charge in [0.2, 0.25) is 3.79 Å². The number of fused-ring (bicyclic) bond motifs is 3. The Morgan fingerprint density at radius 2 is 1.58 bits per heavy atom. The summed E-state index contributed by atoms with van der Waals surface area (Å²) in [6, 6.07) is 4.43. The molecule has 2 fully saturated rings. The molecule has 1 aromatic rings. The molecule has 4 rings (SSSR count). The molecule has 0 aromatic heterocycles. The van der Waals surface area contributed by atoms with Gasteiger partial charge in [0.15, 0.2) is 0 Å². The van der Waals surface area contributed by atoms with Gasteiger partial charge in [0, 0.05) is 12.1 Å². The number of rotatable bonds is 4. The monoisotopic (exact) mass is 488 g/mol. The van der Waals surface area contributed by atoms with E-state index >= 15 is 0 Å². The molecule has 1 aromatic carbocycles. The normalized spacial score (nSPS) is 26.1. The van der Waals surface area contributed by atoms with E-state index in [9.17, 15) is 24.3 Å². The first-order valence-electron chi connectivity index (χ1n) is 9.80. The number of alkyl halides is 3. The highest BCUT2D eigenvalue weighted by atomic mass is 35.6. The maximum absolute atomic E-state index is 12.8. The molecular formula is C20H19Cl3N2O6. The van der Waals surface area contributed by atoms with Gasteiger partial charge in [0.1, 0.15) is 12.6 Å². The van der Waals surface area contributed by atoms with E-state index in [0.29, 0.717) is 25.7 Å². The van der Waals surface area contributed by atoms with Gasteiger partial charge < -0.3 is 14.7 Å². The molecule has 0 aliphatic carbocycles. The minimum absolute atomic E-state index is 0.203. The highest BCUT2D eigenvalue weighted by Crippen LogP contribution is 2.42. The highest BCUT2D eigenvalue weighted by molar-refractivity contribution is 6.67. The number of nitrogens with zero attached hydrogens (tertiary/aromatic N) is 2. The number of imide groups is 1. The molecule has 0 saturated carbocycles. The molecule has 3 amide bonds. The van der Waals surface area contributed by atoms with Crippen molar-refractivity contribution < 1.29 is 29.0 Å². The van der Waals surface area contributed by atoms with Crippen LogP contribution in [-0.2, 0) is 9.53 Å². The average molecular weight is 490 g/mol. The van der Waals surface area contributed by atoms with Crippen molar-refractivity contribution in [2.45, 2.75) is 47.6 Å². The number of piperidine rings is 1. The van der Waals surface area contributed by atoms with Gasteiger partial charge in [-0.15, -0.1) is 0 Å². The van der Waals surface area contributed by atoms with E-state index in [4.69, 9.17) is 39.5 Å². The number of carbonyl (C=O) groups excluding carboxylic acids is 3. The SMILES string of the molecule is O=C(O)[C@H](C1CC2CCC(C1)N2C(=O)OCC(Cl)(Cl)Cl)N1C(=O)c2ccccc2C1=O. The number of carboxylic acids is 1. The van der Waals surface area contributed by atoms with Crippen molar-refractivity contribution in [1.29, 1.82) is 0 Å². The summed E-state index contributed by atoms with van der Waals surface area (Å²) < 4.78 is 3.37. The zero-order valence-corrected chi connectivity index (χ0v) is 18.4. The lowest BCUT2D eigenvalue weighted by atomic mass is 9.84. The maximum atomic E-state index is 12.8. The number of amides is 3. The molecule has 2 saturated heterocycles. The van der Waals surface area contributed by atoms with Crippen LogP contribution in [0.4, 0.5) is 4.79 Å². The van der Waals surface area contributed by atoms with Crippen molar-refractivity contribution in [2.75, 3.05) is 6.61 Å². The zero-order chi connectivity index (χ0) is 22.5. The second-order valence-electron chi connectivity index (χ2n) is 8.00. The number of carboxylic acid groups (broad SMARTS) is 1. The first-order valence-corrected chi connectivity index (χ1v) is 10.9. The topological polar surface area (TPSA) is 104 Å². The van der Waals surface area contributed by atoms with Crippen LogP contribution in [0.1, 0.15) is 46.4 Å². The molecule has 2 unspecified atom stereocenters. The summed E-state index contributed by atoms with van der Waals surface area (Å²) in [5.41, 5.74) is 0.406. The molecule has 3 heterocycles. The lowest BCUT2D eigenvalue weighted by Gasteiger charge is -2.41. The van der Waals surface area contributed by atoms with Gasteiger partial charge in [-0.05, 0) is 43.7 Å². The fourth-order valence-corrected chi connectivity index (χ4v) is 5.14. The first kappa shape index (κ1) is 22.2. The third-order valence-electron chi connectivity index (χ3n) is 6.14. The van der Waals surface area contributed by atoms with Crippen LogP contribution in [0.25, 0.3) is 0 Å². The summed E-state index contributed by atoms with van der Waals surface area (Å²) in [6.07, 6.45) is 1.36. The second-order valence-corrected chi connectivity index (χ2v) is 10.5. The Balaban J connectivity index is 1.53. The van der Waals surface area contributed by atoms with Crippen LogP contribution < -0.4 is 0 Å². The van der Waals surface area contributed by atoms with Crippen molar-refractivity contribution in [3.8, 4) is 0 Å². The molecule has 3 aliphatic heterocycles. The zero-order valence-electron chi connectivity index (χ0n) is 16.2. The Hall–Kier alpha value is -2.03. The van der Waals surface area contributed by atoms with E-state index in [-0.39, 0.29) is 23.2 Å². The molecule has 11 heteroatoms. The molecule has 0 radical (unpaired) electrons. The molecule has 2 bridgehead atoms. The molecule has 3 atom stereocenters. The van der Waals surface area contributed by atoms with Gasteiger partial charge in [-0.1, -0.05) is 46.9 Å². The molecule has 166 valence electrons. The molecule has 3 aliphatic rings. The molecule has 0 spiro atoms. The van der Waals surface area contributed by atoms with E-state index in [1.54, 1.807) is 17.0 Å². The number of aliphatic carboxylic acids is 1. The van der Waals surface area contributed by atoms with Gasteiger partial charge in [-0.25, -0.2) is 9.59 Å². The number of hydrogen-bond acceptors (Lipinski definition) is 5. The fraction of sp³-hybridized carbons (Fsp3) is 0.500. The predicted octanol–water partition coefficient (Wildman–Crippen LogP) is 3.49. The number of ether oxygens (including phenoxy) is 1. The van der Waals surface area contributed by atoms with Crippen LogP contribution in [0, 0.1) is 5.92 Å².